The Morgan fingerprint density at radius 2 is 2.06 bits per heavy atom. The van der Waals surface area contributed by atoms with Crippen LogP contribution in [-0.2, 0) is 0 Å². The average molecular weight is 235 g/mol. The molecular formula is C14H21NO2. The van der Waals surface area contributed by atoms with Gasteiger partial charge in [0, 0.05) is 23.9 Å². The Hall–Kier alpha value is -1.22. The lowest BCUT2D eigenvalue weighted by atomic mass is 9.65. The first-order valence-electron chi connectivity index (χ1n) is 6.19. The van der Waals surface area contributed by atoms with Crippen LogP contribution in [0.25, 0.3) is 0 Å². The number of rotatable bonds is 4. The van der Waals surface area contributed by atoms with E-state index in [1.54, 1.807) is 0 Å². The SMILES string of the molecule is CCOc1cccc(OC2CC(N)C2(C)C)c1. The summed E-state index contributed by atoms with van der Waals surface area (Å²) in [6, 6.07) is 8.02. The predicted octanol–water partition coefficient (Wildman–Crippen LogP) is 2.59. The fourth-order valence-corrected chi connectivity index (χ4v) is 2.08. The summed E-state index contributed by atoms with van der Waals surface area (Å²) >= 11 is 0. The molecule has 0 aromatic heterocycles. The molecule has 2 atom stereocenters. The van der Waals surface area contributed by atoms with Gasteiger partial charge in [0.2, 0.25) is 0 Å². The van der Waals surface area contributed by atoms with E-state index in [1.807, 2.05) is 31.2 Å². The van der Waals surface area contributed by atoms with Gasteiger partial charge in [0.15, 0.2) is 0 Å². The van der Waals surface area contributed by atoms with Gasteiger partial charge >= 0.3 is 0 Å². The summed E-state index contributed by atoms with van der Waals surface area (Å²) in [4.78, 5) is 0. The lowest BCUT2D eigenvalue weighted by Crippen LogP contribution is -2.60. The molecule has 0 spiro atoms. The number of hydrogen-bond donors (Lipinski definition) is 1. The van der Waals surface area contributed by atoms with Gasteiger partial charge in [-0.05, 0) is 19.1 Å². The Bertz CT molecular complexity index is 390. The van der Waals surface area contributed by atoms with Crippen molar-refractivity contribution in [1.82, 2.24) is 0 Å². The fourth-order valence-electron chi connectivity index (χ4n) is 2.08. The molecule has 1 aromatic rings. The molecule has 0 aliphatic heterocycles. The third-order valence-corrected chi connectivity index (χ3v) is 3.65. The summed E-state index contributed by atoms with van der Waals surface area (Å²) in [7, 11) is 0. The molecule has 2 N–H and O–H groups in total. The molecule has 94 valence electrons. The van der Waals surface area contributed by atoms with E-state index in [-0.39, 0.29) is 17.6 Å². The van der Waals surface area contributed by atoms with Gasteiger partial charge in [-0.2, -0.15) is 0 Å². The number of hydrogen-bond acceptors (Lipinski definition) is 3. The first-order chi connectivity index (χ1) is 8.04. The minimum absolute atomic E-state index is 0.0572. The Labute approximate surface area is 103 Å². The molecule has 0 saturated heterocycles. The normalized spacial score (nSPS) is 26.1. The second-order valence-electron chi connectivity index (χ2n) is 5.18. The lowest BCUT2D eigenvalue weighted by Gasteiger charge is -2.49. The van der Waals surface area contributed by atoms with Gasteiger partial charge < -0.3 is 15.2 Å². The highest BCUT2D eigenvalue weighted by atomic mass is 16.5. The van der Waals surface area contributed by atoms with Crippen LogP contribution < -0.4 is 15.2 Å². The van der Waals surface area contributed by atoms with E-state index < -0.39 is 0 Å². The average Bonchev–Trinajstić information content (AvgIpc) is 2.30. The summed E-state index contributed by atoms with van der Waals surface area (Å²) in [5, 5.41) is 0. The molecule has 1 aliphatic rings. The van der Waals surface area contributed by atoms with E-state index in [2.05, 4.69) is 13.8 Å². The number of benzene rings is 1. The second-order valence-corrected chi connectivity index (χ2v) is 5.18. The molecule has 0 bridgehead atoms. The highest BCUT2D eigenvalue weighted by Gasteiger charge is 2.47. The van der Waals surface area contributed by atoms with Gasteiger partial charge in [-0.1, -0.05) is 19.9 Å². The van der Waals surface area contributed by atoms with Crippen LogP contribution in [0, 0.1) is 5.41 Å². The maximum Gasteiger partial charge on any atom is 0.123 e. The van der Waals surface area contributed by atoms with Crippen LogP contribution >= 0.6 is 0 Å². The molecule has 1 aliphatic carbocycles. The summed E-state index contributed by atoms with van der Waals surface area (Å²) in [6.45, 7) is 6.95. The van der Waals surface area contributed by atoms with E-state index >= 15 is 0 Å². The van der Waals surface area contributed by atoms with Crippen molar-refractivity contribution in [2.45, 2.75) is 39.3 Å². The largest absolute Gasteiger partial charge is 0.494 e. The molecular weight excluding hydrogens is 214 g/mol. The van der Waals surface area contributed by atoms with Crippen LogP contribution in [0.15, 0.2) is 24.3 Å². The zero-order valence-electron chi connectivity index (χ0n) is 10.8. The first kappa shape index (κ1) is 12.2. The molecule has 0 heterocycles. The smallest absolute Gasteiger partial charge is 0.123 e. The van der Waals surface area contributed by atoms with E-state index in [0.29, 0.717) is 6.61 Å². The molecule has 1 aromatic carbocycles. The second kappa shape index (κ2) is 4.57. The molecule has 2 unspecified atom stereocenters. The maximum absolute atomic E-state index is 5.97. The van der Waals surface area contributed by atoms with E-state index in [4.69, 9.17) is 15.2 Å². The molecule has 2 rings (SSSR count). The van der Waals surface area contributed by atoms with Crippen molar-refractivity contribution in [2.24, 2.45) is 11.1 Å². The van der Waals surface area contributed by atoms with Gasteiger partial charge in [-0.3, -0.25) is 0 Å². The van der Waals surface area contributed by atoms with E-state index in [1.165, 1.54) is 0 Å². The van der Waals surface area contributed by atoms with Gasteiger partial charge in [0.1, 0.15) is 17.6 Å². The third-order valence-electron chi connectivity index (χ3n) is 3.65. The first-order valence-corrected chi connectivity index (χ1v) is 6.19. The molecule has 3 nitrogen and oxygen atoms in total. The number of nitrogens with two attached hydrogens (primary N) is 1. The van der Waals surface area contributed by atoms with Crippen molar-refractivity contribution >= 4 is 0 Å². The zero-order chi connectivity index (χ0) is 12.5. The summed E-state index contributed by atoms with van der Waals surface area (Å²) in [6.07, 6.45) is 1.13. The van der Waals surface area contributed by atoms with Crippen LogP contribution in [0.5, 0.6) is 11.5 Å². The van der Waals surface area contributed by atoms with Crippen molar-refractivity contribution in [3.05, 3.63) is 24.3 Å². The fraction of sp³-hybridized carbons (Fsp3) is 0.571. The standard InChI is InChI=1S/C14H21NO2/c1-4-16-10-6-5-7-11(8-10)17-13-9-12(15)14(13,2)3/h5-8,12-13H,4,9,15H2,1-3H3. The highest BCUT2D eigenvalue weighted by molar-refractivity contribution is 5.33. The third kappa shape index (κ3) is 2.39. The zero-order valence-corrected chi connectivity index (χ0v) is 10.8. The van der Waals surface area contributed by atoms with Crippen molar-refractivity contribution < 1.29 is 9.47 Å². The molecule has 17 heavy (non-hydrogen) atoms. The Morgan fingerprint density at radius 1 is 1.35 bits per heavy atom. The monoisotopic (exact) mass is 235 g/mol. The predicted molar refractivity (Wildman–Crippen MR) is 68.4 cm³/mol. The molecule has 1 fully saturated rings. The van der Waals surface area contributed by atoms with Crippen LogP contribution in [0.2, 0.25) is 0 Å². The van der Waals surface area contributed by atoms with Gasteiger partial charge in [-0.25, -0.2) is 0 Å². The van der Waals surface area contributed by atoms with Crippen molar-refractivity contribution in [1.29, 1.82) is 0 Å². The Kier molecular flexibility index (Phi) is 3.29. The van der Waals surface area contributed by atoms with Gasteiger partial charge in [-0.15, -0.1) is 0 Å². The maximum atomic E-state index is 5.97. The molecule has 0 radical (unpaired) electrons. The van der Waals surface area contributed by atoms with E-state index in [9.17, 15) is 0 Å². The van der Waals surface area contributed by atoms with Crippen molar-refractivity contribution in [2.75, 3.05) is 6.61 Å². The van der Waals surface area contributed by atoms with Crippen LogP contribution in [0.1, 0.15) is 27.2 Å². The summed E-state index contributed by atoms with van der Waals surface area (Å²) in [5.74, 6) is 1.72. The van der Waals surface area contributed by atoms with E-state index in [0.717, 1.165) is 17.9 Å². The van der Waals surface area contributed by atoms with Crippen molar-refractivity contribution in [3.8, 4) is 11.5 Å². The molecule has 3 heteroatoms. The quantitative estimate of drug-likeness (QED) is 0.872. The topological polar surface area (TPSA) is 44.5 Å². The molecule has 0 amide bonds. The summed E-state index contributed by atoms with van der Waals surface area (Å²) < 4.78 is 11.4. The number of ether oxygens (including phenoxy) is 2. The molecule has 1 saturated carbocycles. The van der Waals surface area contributed by atoms with Gasteiger partial charge in [0.05, 0.1) is 6.61 Å². The van der Waals surface area contributed by atoms with Crippen LogP contribution in [0.3, 0.4) is 0 Å². The van der Waals surface area contributed by atoms with Crippen molar-refractivity contribution in [3.63, 3.8) is 0 Å². The highest BCUT2D eigenvalue weighted by Crippen LogP contribution is 2.41. The minimum atomic E-state index is 0.0572. The minimum Gasteiger partial charge on any atom is -0.494 e. The Morgan fingerprint density at radius 3 is 2.65 bits per heavy atom. The van der Waals surface area contributed by atoms with Crippen LogP contribution in [-0.4, -0.2) is 18.8 Å². The lowest BCUT2D eigenvalue weighted by molar-refractivity contribution is -0.0400. The Balaban J connectivity index is 2.02. The summed E-state index contributed by atoms with van der Waals surface area (Å²) in [5.41, 5.74) is 6.03. The van der Waals surface area contributed by atoms with Crippen LogP contribution in [0.4, 0.5) is 0 Å². The van der Waals surface area contributed by atoms with Gasteiger partial charge in [0.25, 0.3) is 0 Å².